The first-order valence-corrected chi connectivity index (χ1v) is 7.54. The molecule has 1 rings (SSSR count). The number of hydrogen-bond donors (Lipinski definition) is 1. The predicted molar refractivity (Wildman–Crippen MR) is 78.0 cm³/mol. The molecule has 0 bridgehead atoms. The molecule has 3 heteroatoms. The van der Waals surface area contributed by atoms with Gasteiger partial charge in [-0.2, -0.15) is 0 Å². The van der Waals surface area contributed by atoms with E-state index in [1.54, 1.807) is 0 Å². The normalized spacial score (nSPS) is 20.5. The maximum atomic E-state index is 5.51. The Kier molecular flexibility index (Phi) is 7.20. The van der Waals surface area contributed by atoms with Crippen molar-refractivity contribution in [2.24, 2.45) is 5.41 Å². The van der Waals surface area contributed by atoms with Gasteiger partial charge in [-0.05, 0) is 58.2 Å². The van der Waals surface area contributed by atoms with E-state index in [1.165, 1.54) is 32.5 Å². The van der Waals surface area contributed by atoms with Crippen LogP contribution >= 0.6 is 0 Å². The topological polar surface area (TPSA) is 24.5 Å². The van der Waals surface area contributed by atoms with E-state index in [2.05, 4.69) is 37.9 Å². The molecule has 18 heavy (non-hydrogen) atoms. The van der Waals surface area contributed by atoms with E-state index in [1.807, 2.05) is 0 Å². The lowest BCUT2D eigenvalue weighted by Gasteiger charge is -2.36. The van der Waals surface area contributed by atoms with Crippen molar-refractivity contribution in [1.29, 1.82) is 0 Å². The first-order valence-electron chi connectivity index (χ1n) is 7.54. The first kappa shape index (κ1) is 15.9. The van der Waals surface area contributed by atoms with E-state index < -0.39 is 0 Å². The van der Waals surface area contributed by atoms with E-state index in [0.717, 1.165) is 26.1 Å². The van der Waals surface area contributed by atoms with E-state index in [0.29, 0.717) is 11.5 Å². The quantitative estimate of drug-likeness (QED) is 0.675. The van der Waals surface area contributed by atoms with E-state index >= 15 is 0 Å². The third kappa shape index (κ3) is 7.34. The molecule has 0 atom stereocenters. The van der Waals surface area contributed by atoms with Crippen molar-refractivity contribution in [1.82, 2.24) is 10.2 Å². The average Bonchev–Trinajstić information content (AvgIpc) is 2.29. The van der Waals surface area contributed by atoms with Crippen LogP contribution in [0.3, 0.4) is 0 Å². The summed E-state index contributed by atoms with van der Waals surface area (Å²) in [6.07, 6.45) is 4.16. The Bertz CT molecular complexity index is 207. The number of hydrogen-bond acceptors (Lipinski definition) is 3. The SMILES string of the molecule is CC(C)OCCCNCCN1CCC(C)(C)CC1. The molecule has 1 aliphatic rings. The highest BCUT2D eigenvalue weighted by atomic mass is 16.5. The standard InChI is InChI=1S/C15H32N2O/c1-14(2)18-13-5-8-16-9-12-17-10-6-15(3,4)7-11-17/h14,16H,5-13H2,1-4H3. The van der Waals surface area contributed by atoms with Crippen molar-refractivity contribution in [2.45, 2.75) is 53.1 Å². The van der Waals surface area contributed by atoms with Crippen LogP contribution in [0.15, 0.2) is 0 Å². The molecule has 0 spiro atoms. The Hall–Kier alpha value is -0.120. The smallest absolute Gasteiger partial charge is 0.0518 e. The van der Waals surface area contributed by atoms with Gasteiger partial charge in [0.15, 0.2) is 0 Å². The number of nitrogens with one attached hydrogen (secondary N) is 1. The minimum atomic E-state index is 0.363. The fourth-order valence-electron chi connectivity index (χ4n) is 2.26. The largest absolute Gasteiger partial charge is 0.379 e. The summed E-state index contributed by atoms with van der Waals surface area (Å²) in [6, 6.07) is 0. The van der Waals surface area contributed by atoms with Gasteiger partial charge in [0.05, 0.1) is 6.10 Å². The van der Waals surface area contributed by atoms with Gasteiger partial charge in [-0.25, -0.2) is 0 Å². The van der Waals surface area contributed by atoms with Crippen molar-refractivity contribution in [3.05, 3.63) is 0 Å². The Labute approximate surface area is 113 Å². The molecule has 1 N–H and O–H groups in total. The summed E-state index contributed by atoms with van der Waals surface area (Å²) < 4.78 is 5.51. The van der Waals surface area contributed by atoms with Crippen LogP contribution in [0, 0.1) is 5.41 Å². The first-order chi connectivity index (χ1) is 8.49. The van der Waals surface area contributed by atoms with Crippen LogP contribution in [0.1, 0.15) is 47.0 Å². The zero-order valence-electron chi connectivity index (χ0n) is 12.8. The zero-order valence-corrected chi connectivity index (χ0v) is 12.8. The fraction of sp³-hybridized carbons (Fsp3) is 1.00. The molecular formula is C15H32N2O. The third-order valence-electron chi connectivity index (χ3n) is 3.76. The average molecular weight is 256 g/mol. The molecule has 0 radical (unpaired) electrons. The van der Waals surface area contributed by atoms with E-state index in [9.17, 15) is 0 Å². The molecule has 0 aromatic rings. The Balaban J connectivity index is 1.90. The second-order valence-electron chi connectivity index (χ2n) is 6.53. The highest BCUT2D eigenvalue weighted by molar-refractivity contribution is 4.78. The molecule has 0 aromatic carbocycles. The van der Waals surface area contributed by atoms with Crippen LogP contribution in [-0.4, -0.2) is 50.3 Å². The summed E-state index contributed by atoms with van der Waals surface area (Å²) in [5.41, 5.74) is 0.568. The summed E-state index contributed by atoms with van der Waals surface area (Å²) in [5, 5.41) is 3.51. The van der Waals surface area contributed by atoms with Crippen molar-refractivity contribution in [2.75, 3.05) is 39.3 Å². The second kappa shape index (κ2) is 8.13. The monoisotopic (exact) mass is 256 g/mol. The molecule has 1 saturated heterocycles. The van der Waals surface area contributed by atoms with Crippen LogP contribution in [0.4, 0.5) is 0 Å². The van der Waals surface area contributed by atoms with E-state index in [-0.39, 0.29) is 0 Å². The molecule has 108 valence electrons. The summed E-state index contributed by atoms with van der Waals surface area (Å²) in [4.78, 5) is 2.59. The molecule has 0 unspecified atom stereocenters. The van der Waals surface area contributed by atoms with Crippen LogP contribution in [0.25, 0.3) is 0 Å². The molecule has 0 aliphatic carbocycles. The molecule has 0 saturated carbocycles. The van der Waals surface area contributed by atoms with Gasteiger partial charge in [0.1, 0.15) is 0 Å². The molecule has 3 nitrogen and oxygen atoms in total. The molecule has 0 aromatic heterocycles. The van der Waals surface area contributed by atoms with Crippen molar-refractivity contribution >= 4 is 0 Å². The van der Waals surface area contributed by atoms with Crippen LogP contribution in [0.5, 0.6) is 0 Å². The van der Waals surface area contributed by atoms with Crippen molar-refractivity contribution < 1.29 is 4.74 Å². The lowest BCUT2D eigenvalue weighted by molar-refractivity contribution is 0.0768. The maximum Gasteiger partial charge on any atom is 0.0518 e. The van der Waals surface area contributed by atoms with Gasteiger partial charge in [0.2, 0.25) is 0 Å². The summed E-state index contributed by atoms with van der Waals surface area (Å²) >= 11 is 0. The lowest BCUT2D eigenvalue weighted by atomic mass is 9.83. The Morgan fingerprint density at radius 3 is 2.44 bits per heavy atom. The summed E-state index contributed by atoms with van der Waals surface area (Å²) in [6.45, 7) is 15.7. The number of rotatable bonds is 8. The van der Waals surface area contributed by atoms with Gasteiger partial charge < -0.3 is 15.0 Å². The minimum Gasteiger partial charge on any atom is -0.379 e. The van der Waals surface area contributed by atoms with Gasteiger partial charge in [-0.15, -0.1) is 0 Å². The number of piperidine rings is 1. The zero-order chi connectivity index (χ0) is 13.4. The minimum absolute atomic E-state index is 0.363. The van der Waals surface area contributed by atoms with Crippen molar-refractivity contribution in [3.8, 4) is 0 Å². The van der Waals surface area contributed by atoms with Gasteiger partial charge in [0, 0.05) is 19.7 Å². The van der Waals surface area contributed by atoms with Gasteiger partial charge >= 0.3 is 0 Å². The van der Waals surface area contributed by atoms with Crippen molar-refractivity contribution in [3.63, 3.8) is 0 Å². The fourth-order valence-corrected chi connectivity index (χ4v) is 2.26. The summed E-state index contributed by atoms with van der Waals surface area (Å²) in [5.74, 6) is 0. The Morgan fingerprint density at radius 2 is 1.83 bits per heavy atom. The highest BCUT2D eigenvalue weighted by Gasteiger charge is 2.24. The van der Waals surface area contributed by atoms with Crippen LogP contribution < -0.4 is 5.32 Å². The number of nitrogens with zero attached hydrogens (tertiary/aromatic N) is 1. The van der Waals surface area contributed by atoms with Crippen LogP contribution in [-0.2, 0) is 4.74 Å². The predicted octanol–water partition coefficient (Wildman–Crippen LogP) is 2.51. The lowest BCUT2D eigenvalue weighted by Crippen LogP contribution is -2.40. The number of likely N-dealkylation sites (tertiary alicyclic amines) is 1. The highest BCUT2D eigenvalue weighted by Crippen LogP contribution is 2.29. The molecule has 0 amide bonds. The van der Waals surface area contributed by atoms with E-state index in [4.69, 9.17) is 4.74 Å². The van der Waals surface area contributed by atoms with Gasteiger partial charge in [-0.3, -0.25) is 0 Å². The number of ether oxygens (including phenoxy) is 1. The van der Waals surface area contributed by atoms with Crippen LogP contribution in [0.2, 0.25) is 0 Å². The molecular weight excluding hydrogens is 224 g/mol. The van der Waals surface area contributed by atoms with Gasteiger partial charge in [0.25, 0.3) is 0 Å². The maximum absolute atomic E-state index is 5.51. The molecule has 1 aliphatic heterocycles. The second-order valence-corrected chi connectivity index (χ2v) is 6.53. The molecule has 1 heterocycles. The molecule has 1 fully saturated rings. The third-order valence-corrected chi connectivity index (χ3v) is 3.76. The Morgan fingerprint density at radius 1 is 1.17 bits per heavy atom. The van der Waals surface area contributed by atoms with Gasteiger partial charge in [-0.1, -0.05) is 13.8 Å². The summed E-state index contributed by atoms with van der Waals surface area (Å²) in [7, 11) is 0.